The van der Waals surface area contributed by atoms with Gasteiger partial charge in [-0.1, -0.05) is 69.9 Å². The number of benzene rings is 2. The van der Waals surface area contributed by atoms with Crippen LogP contribution in [0.5, 0.6) is 5.75 Å². The van der Waals surface area contributed by atoms with Crippen molar-refractivity contribution in [1.29, 1.82) is 0 Å². The van der Waals surface area contributed by atoms with Gasteiger partial charge in [0.05, 0.1) is 22.8 Å². The minimum absolute atomic E-state index is 0.143. The summed E-state index contributed by atoms with van der Waals surface area (Å²) in [6.45, 7) is 11.3. The normalized spacial score (nSPS) is 15.5. The number of ether oxygens (including phenoxy) is 1. The number of unbranched alkanes of at least 4 members (excludes halogenated alkanes) is 3. The fourth-order valence-corrected chi connectivity index (χ4v) is 7.62. The number of fused-ring (bicyclic) bond motifs is 1. The summed E-state index contributed by atoms with van der Waals surface area (Å²) in [6.07, 6.45) is 6.47. The lowest BCUT2D eigenvalue weighted by atomic mass is 9.97. The number of nitrogens with zero attached hydrogens (tertiary/aromatic N) is 5. The van der Waals surface area contributed by atoms with Crippen LogP contribution in [0.15, 0.2) is 58.2 Å². The fourth-order valence-electron chi connectivity index (χ4n) is 6.17. The molecule has 11 heteroatoms. The van der Waals surface area contributed by atoms with E-state index in [2.05, 4.69) is 35.9 Å². The van der Waals surface area contributed by atoms with E-state index in [1.54, 1.807) is 22.7 Å². The Labute approximate surface area is 266 Å². The van der Waals surface area contributed by atoms with Crippen LogP contribution in [0.25, 0.3) is 16.9 Å². The largest absolute Gasteiger partial charge is 0.493 e. The lowest BCUT2D eigenvalue weighted by molar-refractivity contribution is 0.181. The molecule has 0 radical (unpaired) electrons. The SMILES string of the molecule is CCCCCCC(CC)c1nc(C)c2c(=O)[nH]c(-c3cc(S(=O)(=O)N4CCN(Cc5ccccc5)CC4)ccc3OCC)nn12. The Kier molecular flexibility index (Phi) is 10.7. The summed E-state index contributed by atoms with van der Waals surface area (Å²) in [5.41, 5.74) is 2.36. The molecule has 1 atom stereocenters. The molecular formula is C34H46N6O4S. The second-order valence-electron chi connectivity index (χ2n) is 11.8. The van der Waals surface area contributed by atoms with Crippen molar-refractivity contribution in [1.82, 2.24) is 28.8 Å². The number of aromatic nitrogens is 4. The topological polar surface area (TPSA) is 113 Å². The van der Waals surface area contributed by atoms with Crippen molar-refractivity contribution in [2.24, 2.45) is 0 Å². The van der Waals surface area contributed by atoms with Gasteiger partial charge in [-0.15, -0.1) is 5.10 Å². The number of H-pyrrole nitrogens is 1. The molecule has 1 fully saturated rings. The third-order valence-corrected chi connectivity index (χ3v) is 10.6. The van der Waals surface area contributed by atoms with E-state index < -0.39 is 10.0 Å². The molecule has 1 unspecified atom stereocenters. The van der Waals surface area contributed by atoms with Crippen LogP contribution in [-0.2, 0) is 16.6 Å². The molecule has 4 aromatic rings. The summed E-state index contributed by atoms with van der Waals surface area (Å²) < 4.78 is 36.9. The van der Waals surface area contributed by atoms with Gasteiger partial charge < -0.3 is 9.72 Å². The van der Waals surface area contributed by atoms with Gasteiger partial charge >= 0.3 is 0 Å². The molecule has 1 N–H and O–H groups in total. The molecule has 0 aliphatic carbocycles. The average Bonchev–Trinajstić information content (AvgIpc) is 3.38. The van der Waals surface area contributed by atoms with Crippen molar-refractivity contribution in [2.75, 3.05) is 32.8 Å². The molecule has 3 heterocycles. The van der Waals surface area contributed by atoms with E-state index in [0.717, 1.165) is 38.1 Å². The zero-order chi connectivity index (χ0) is 32.0. The molecule has 10 nitrogen and oxygen atoms in total. The van der Waals surface area contributed by atoms with E-state index in [4.69, 9.17) is 14.8 Å². The van der Waals surface area contributed by atoms with Gasteiger partial charge in [-0.3, -0.25) is 9.69 Å². The monoisotopic (exact) mass is 634 g/mol. The van der Waals surface area contributed by atoms with Gasteiger partial charge in [0.15, 0.2) is 11.3 Å². The molecule has 45 heavy (non-hydrogen) atoms. The van der Waals surface area contributed by atoms with E-state index in [9.17, 15) is 13.2 Å². The van der Waals surface area contributed by atoms with E-state index >= 15 is 0 Å². The molecule has 1 aliphatic heterocycles. The summed E-state index contributed by atoms with van der Waals surface area (Å²) in [5, 5.41) is 4.87. The Morgan fingerprint density at radius 3 is 2.42 bits per heavy atom. The van der Waals surface area contributed by atoms with Crippen molar-refractivity contribution in [2.45, 2.75) is 83.6 Å². The first-order chi connectivity index (χ1) is 21.8. The van der Waals surface area contributed by atoms with Crippen LogP contribution in [-0.4, -0.2) is 70.0 Å². The molecule has 242 valence electrons. The van der Waals surface area contributed by atoms with Crippen molar-refractivity contribution < 1.29 is 13.2 Å². The first kappa shape index (κ1) is 32.8. The molecule has 0 saturated carbocycles. The van der Waals surface area contributed by atoms with E-state index in [-0.39, 0.29) is 22.2 Å². The first-order valence-electron chi connectivity index (χ1n) is 16.3. The number of nitrogens with one attached hydrogen (secondary N) is 1. The second kappa shape index (κ2) is 14.7. The summed E-state index contributed by atoms with van der Waals surface area (Å²) >= 11 is 0. The maximum atomic E-state index is 13.9. The van der Waals surface area contributed by atoms with Crippen molar-refractivity contribution in [3.63, 3.8) is 0 Å². The van der Waals surface area contributed by atoms with Gasteiger partial charge in [0.25, 0.3) is 5.56 Å². The molecule has 0 bridgehead atoms. The number of piperazine rings is 1. The summed E-state index contributed by atoms with van der Waals surface area (Å²) in [5.74, 6) is 1.63. The highest BCUT2D eigenvalue weighted by Gasteiger charge is 2.30. The van der Waals surface area contributed by atoms with Gasteiger partial charge in [-0.05, 0) is 50.5 Å². The minimum Gasteiger partial charge on any atom is -0.493 e. The number of hydrogen-bond donors (Lipinski definition) is 1. The molecule has 1 saturated heterocycles. The number of aryl methyl sites for hydroxylation is 1. The fraction of sp³-hybridized carbons (Fsp3) is 0.500. The van der Waals surface area contributed by atoms with Crippen LogP contribution in [0.2, 0.25) is 0 Å². The van der Waals surface area contributed by atoms with E-state index in [0.29, 0.717) is 55.3 Å². The molecule has 5 rings (SSSR count). The van der Waals surface area contributed by atoms with E-state index in [1.165, 1.54) is 22.7 Å². The van der Waals surface area contributed by atoms with Crippen LogP contribution < -0.4 is 10.3 Å². The highest BCUT2D eigenvalue weighted by molar-refractivity contribution is 7.89. The molecular weight excluding hydrogens is 588 g/mol. The lowest BCUT2D eigenvalue weighted by Gasteiger charge is -2.34. The van der Waals surface area contributed by atoms with Gasteiger partial charge in [-0.25, -0.2) is 17.9 Å². The molecule has 2 aromatic heterocycles. The summed E-state index contributed by atoms with van der Waals surface area (Å²) in [6, 6.07) is 15.0. The van der Waals surface area contributed by atoms with Crippen LogP contribution in [0.4, 0.5) is 0 Å². The van der Waals surface area contributed by atoms with Gasteiger partial charge in [0.2, 0.25) is 10.0 Å². The number of sulfonamides is 1. The number of rotatable bonds is 14. The predicted octanol–water partition coefficient (Wildman–Crippen LogP) is 5.76. The molecule has 0 spiro atoms. The third-order valence-electron chi connectivity index (χ3n) is 8.69. The standard InChI is InChI=1S/C34H46N6O4S/c1-5-8-9-13-16-27(6-2)33-35-25(4)31-34(41)36-32(37-40(31)33)29-23-28(17-18-30(29)44-7-3)45(42,43)39-21-19-38(20-22-39)24-26-14-11-10-12-15-26/h10-12,14-15,17-18,23,27H,5-9,13,16,19-22,24H2,1-4H3,(H,36,37,41). The van der Waals surface area contributed by atoms with Gasteiger partial charge in [0.1, 0.15) is 11.6 Å². The smallest absolute Gasteiger partial charge is 0.277 e. The van der Waals surface area contributed by atoms with Crippen molar-refractivity contribution in [3.05, 3.63) is 76.0 Å². The highest BCUT2D eigenvalue weighted by atomic mass is 32.2. The Bertz CT molecular complexity index is 1740. The third kappa shape index (κ3) is 7.31. The Morgan fingerprint density at radius 2 is 1.73 bits per heavy atom. The summed E-state index contributed by atoms with van der Waals surface area (Å²) in [4.78, 5) is 23.6. The Balaban J connectivity index is 1.46. The van der Waals surface area contributed by atoms with Crippen molar-refractivity contribution >= 4 is 15.5 Å². The predicted molar refractivity (Wildman–Crippen MR) is 177 cm³/mol. The second-order valence-corrected chi connectivity index (χ2v) is 13.8. The Morgan fingerprint density at radius 1 is 0.978 bits per heavy atom. The number of hydrogen-bond acceptors (Lipinski definition) is 7. The maximum absolute atomic E-state index is 13.9. The van der Waals surface area contributed by atoms with Crippen LogP contribution in [0, 0.1) is 6.92 Å². The quantitative estimate of drug-likeness (QED) is 0.176. The first-order valence-corrected chi connectivity index (χ1v) is 17.7. The van der Waals surface area contributed by atoms with E-state index in [1.807, 2.05) is 32.0 Å². The molecule has 1 aliphatic rings. The Hall–Kier alpha value is -3.54. The zero-order valence-corrected chi connectivity index (χ0v) is 27.8. The van der Waals surface area contributed by atoms with Crippen LogP contribution >= 0.6 is 0 Å². The number of aromatic amines is 1. The van der Waals surface area contributed by atoms with Crippen molar-refractivity contribution in [3.8, 4) is 17.1 Å². The molecule has 0 amide bonds. The maximum Gasteiger partial charge on any atom is 0.277 e. The average molecular weight is 635 g/mol. The van der Waals surface area contributed by atoms with Gasteiger partial charge in [0, 0.05) is 38.6 Å². The summed E-state index contributed by atoms with van der Waals surface area (Å²) in [7, 11) is -3.80. The lowest BCUT2D eigenvalue weighted by Crippen LogP contribution is -2.48. The number of imidazole rings is 1. The minimum atomic E-state index is -3.80. The van der Waals surface area contributed by atoms with Crippen LogP contribution in [0.1, 0.15) is 82.3 Å². The van der Waals surface area contributed by atoms with Gasteiger partial charge in [-0.2, -0.15) is 4.31 Å². The van der Waals surface area contributed by atoms with Crippen LogP contribution in [0.3, 0.4) is 0 Å². The molecule has 2 aromatic carbocycles. The zero-order valence-electron chi connectivity index (χ0n) is 27.0. The highest BCUT2D eigenvalue weighted by Crippen LogP contribution is 2.33.